The predicted octanol–water partition coefficient (Wildman–Crippen LogP) is 0.376. The van der Waals surface area contributed by atoms with Gasteiger partial charge < -0.3 is 16.0 Å². The van der Waals surface area contributed by atoms with Crippen LogP contribution in [-0.2, 0) is 9.59 Å². The van der Waals surface area contributed by atoms with Crippen molar-refractivity contribution in [1.29, 1.82) is 0 Å². The molecule has 0 aromatic rings. The predicted molar refractivity (Wildman–Crippen MR) is 71.0 cm³/mol. The monoisotopic (exact) mass is 265 g/mol. The lowest BCUT2D eigenvalue weighted by Gasteiger charge is -2.25. The number of amides is 2. The Kier molecular flexibility index (Phi) is 10.1. The van der Waals surface area contributed by atoms with Crippen LogP contribution in [0.2, 0.25) is 0 Å². The first-order valence-corrected chi connectivity index (χ1v) is 5.75. The molecule has 2 atom stereocenters. The minimum Gasteiger partial charge on any atom is -0.355 e. The van der Waals surface area contributed by atoms with E-state index in [-0.39, 0.29) is 42.7 Å². The number of nitrogens with one attached hydrogen (secondary N) is 1. The third-order valence-electron chi connectivity index (χ3n) is 2.58. The summed E-state index contributed by atoms with van der Waals surface area (Å²) in [5.41, 5.74) is 5.67. The summed E-state index contributed by atoms with van der Waals surface area (Å²) >= 11 is 0. The van der Waals surface area contributed by atoms with Gasteiger partial charge in [-0.2, -0.15) is 0 Å². The summed E-state index contributed by atoms with van der Waals surface area (Å²) < 4.78 is 0. The van der Waals surface area contributed by atoms with Gasteiger partial charge in [-0.25, -0.2) is 0 Å². The average molecular weight is 266 g/mol. The van der Waals surface area contributed by atoms with E-state index in [9.17, 15) is 9.59 Å². The van der Waals surface area contributed by atoms with Gasteiger partial charge in [0.05, 0.1) is 12.5 Å². The Morgan fingerprint density at radius 3 is 2.18 bits per heavy atom. The number of likely N-dealkylation sites (N-methyl/N-ethyl adjacent to an activating group) is 2. The van der Waals surface area contributed by atoms with Crippen LogP contribution in [0, 0.1) is 5.92 Å². The molecule has 0 saturated carbocycles. The van der Waals surface area contributed by atoms with E-state index < -0.39 is 0 Å². The quantitative estimate of drug-likeness (QED) is 0.729. The summed E-state index contributed by atoms with van der Waals surface area (Å²) in [6.07, 6.45) is 0. The summed E-state index contributed by atoms with van der Waals surface area (Å²) in [7, 11) is 0. The lowest BCUT2D eigenvalue weighted by atomic mass is 10.0. The standard InChI is InChI=1S/C11H23N3O2.ClH/c1-5-13-10(15)7-14(6-2)11(16)8(3)9(4)12;/h8-9H,5-7,12H2,1-4H3,(H,13,15);1H. The molecule has 0 aliphatic rings. The summed E-state index contributed by atoms with van der Waals surface area (Å²) in [4.78, 5) is 24.8. The van der Waals surface area contributed by atoms with Gasteiger partial charge in [0, 0.05) is 19.1 Å². The van der Waals surface area contributed by atoms with Crippen molar-refractivity contribution in [1.82, 2.24) is 10.2 Å². The van der Waals surface area contributed by atoms with Gasteiger partial charge in [-0.05, 0) is 20.8 Å². The number of nitrogens with two attached hydrogens (primary N) is 1. The fourth-order valence-electron chi connectivity index (χ4n) is 1.28. The maximum Gasteiger partial charge on any atom is 0.239 e. The SMILES string of the molecule is CCNC(=O)CN(CC)C(=O)C(C)C(C)N.Cl. The highest BCUT2D eigenvalue weighted by molar-refractivity contribution is 5.86. The van der Waals surface area contributed by atoms with Crippen LogP contribution in [0.3, 0.4) is 0 Å². The van der Waals surface area contributed by atoms with Crippen molar-refractivity contribution < 1.29 is 9.59 Å². The maximum atomic E-state index is 11.9. The van der Waals surface area contributed by atoms with Crippen molar-refractivity contribution in [2.24, 2.45) is 11.7 Å². The Bertz CT molecular complexity index is 247. The Hall–Kier alpha value is -0.810. The minimum absolute atomic E-state index is 0. The smallest absolute Gasteiger partial charge is 0.239 e. The van der Waals surface area contributed by atoms with Gasteiger partial charge in [0.15, 0.2) is 0 Å². The van der Waals surface area contributed by atoms with Gasteiger partial charge in [0.2, 0.25) is 11.8 Å². The number of rotatable bonds is 6. The number of carbonyl (C=O) groups excluding carboxylic acids is 2. The van der Waals surface area contributed by atoms with E-state index in [0.29, 0.717) is 13.1 Å². The summed E-state index contributed by atoms with van der Waals surface area (Å²) in [5.74, 6) is -0.451. The second-order valence-electron chi connectivity index (χ2n) is 3.95. The molecule has 17 heavy (non-hydrogen) atoms. The normalized spacial score (nSPS) is 13.2. The highest BCUT2D eigenvalue weighted by Crippen LogP contribution is 2.05. The first-order chi connectivity index (χ1) is 7.43. The lowest BCUT2D eigenvalue weighted by Crippen LogP contribution is -2.46. The topological polar surface area (TPSA) is 75.4 Å². The Balaban J connectivity index is 0. The molecule has 6 heteroatoms. The van der Waals surface area contributed by atoms with Crippen molar-refractivity contribution in [2.75, 3.05) is 19.6 Å². The number of halogens is 1. The molecule has 102 valence electrons. The van der Waals surface area contributed by atoms with Crippen molar-refractivity contribution in [3.05, 3.63) is 0 Å². The van der Waals surface area contributed by atoms with Crippen molar-refractivity contribution in [3.8, 4) is 0 Å². The molecule has 3 N–H and O–H groups in total. The van der Waals surface area contributed by atoms with Gasteiger partial charge in [-0.15, -0.1) is 12.4 Å². The third kappa shape index (κ3) is 6.48. The van der Waals surface area contributed by atoms with E-state index in [1.807, 2.05) is 13.8 Å². The van der Waals surface area contributed by atoms with E-state index in [1.165, 1.54) is 4.90 Å². The van der Waals surface area contributed by atoms with Crippen LogP contribution >= 0.6 is 12.4 Å². The molecular formula is C11H24ClN3O2. The van der Waals surface area contributed by atoms with Gasteiger partial charge in [0.1, 0.15) is 0 Å². The largest absolute Gasteiger partial charge is 0.355 e. The molecule has 0 aliphatic carbocycles. The highest BCUT2D eigenvalue weighted by atomic mass is 35.5. The van der Waals surface area contributed by atoms with Crippen LogP contribution in [0.15, 0.2) is 0 Å². The number of hydrogen-bond acceptors (Lipinski definition) is 3. The second kappa shape index (κ2) is 9.24. The lowest BCUT2D eigenvalue weighted by molar-refractivity contribution is -0.139. The van der Waals surface area contributed by atoms with Gasteiger partial charge in [-0.1, -0.05) is 6.92 Å². The van der Waals surface area contributed by atoms with E-state index in [4.69, 9.17) is 5.73 Å². The van der Waals surface area contributed by atoms with E-state index in [0.717, 1.165) is 0 Å². The molecule has 0 saturated heterocycles. The zero-order valence-electron chi connectivity index (χ0n) is 11.0. The molecule has 0 aliphatic heterocycles. The molecule has 0 rings (SSSR count). The molecule has 2 unspecified atom stereocenters. The Morgan fingerprint density at radius 2 is 1.82 bits per heavy atom. The van der Waals surface area contributed by atoms with Gasteiger partial charge in [0.25, 0.3) is 0 Å². The van der Waals surface area contributed by atoms with E-state index >= 15 is 0 Å². The molecule has 0 bridgehead atoms. The summed E-state index contributed by atoms with van der Waals surface area (Å²) in [5, 5.41) is 2.67. The Labute approximate surface area is 110 Å². The maximum absolute atomic E-state index is 11.9. The number of nitrogens with zero attached hydrogens (tertiary/aromatic N) is 1. The van der Waals surface area contributed by atoms with Crippen molar-refractivity contribution in [2.45, 2.75) is 33.7 Å². The minimum atomic E-state index is -0.255. The zero-order valence-corrected chi connectivity index (χ0v) is 11.8. The third-order valence-corrected chi connectivity index (χ3v) is 2.58. The Morgan fingerprint density at radius 1 is 1.29 bits per heavy atom. The van der Waals surface area contributed by atoms with E-state index in [2.05, 4.69) is 5.32 Å². The van der Waals surface area contributed by atoms with Crippen LogP contribution in [-0.4, -0.2) is 42.4 Å². The van der Waals surface area contributed by atoms with Gasteiger partial charge >= 0.3 is 0 Å². The van der Waals surface area contributed by atoms with Crippen LogP contribution in [0.5, 0.6) is 0 Å². The molecule has 0 spiro atoms. The molecule has 2 amide bonds. The van der Waals surface area contributed by atoms with Crippen LogP contribution in [0.25, 0.3) is 0 Å². The van der Waals surface area contributed by atoms with Crippen LogP contribution < -0.4 is 11.1 Å². The van der Waals surface area contributed by atoms with Crippen LogP contribution in [0.4, 0.5) is 0 Å². The first kappa shape index (κ1) is 18.6. The fraction of sp³-hybridized carbons (Fsp3) is 0.818. The molecule has 0 radical (unpaired) electrons. The average Bonchev–Trinajstić information content (AvgIpc) is 2.24. The van der Waals surface area contributed by atoms with E-state index in [1.54, 1.807) is 13.8 Å². The highest BCUT2D eigenvalue weighted by Gasteiger charge is 2.23. The molecule has 0 fully saturated rings. The van der Waals surface area contributed by atoms with Gasteiger partial charge in [-0.3, -0.25) is 9.59 Å². The zero-order chi connectivity index (χ0) is 12.7. The molecule has 5 nitrogen and oxygen atoms in total. The number of hydrogen-bond donors (Lipinski definition) is 2. The van der Waals surface area contributed by atoms with Crippen molar-refractivity contribution in [3.63, 3.8) is 0 Å². The summed E-state index contributed by atoms with van der Waals surface area (Å²) in [6.45, 7) is 8.49. The van der Waals surface area contributed by atoms with Crippen molar-refractivity contribution >= 4 is 24.2 Å². The number of carbonyl (C=O) groups is 2. The molecular weight excluding hydrogens is 242 g/mol. The molecule has 0 aromatic heterocycles. The first-order valence-electron chi connectivity index (χ1n) is 5.75. The molecule has 0 aromatic carbocycles. The molecule has 0 heterocycles. The summed E-state index contributed by atoms with van der Waals surface area (Å²) in [6, 6.07) is -0.198. The second-order valence-corrected chi connectivity index (χ2v) is 3.95. The van der Waals surface area contributed by atoms with Crippen LogP contribution in [0.1, 0.15) is 27.7 Å². The fourth-order valence-corrected chi connectivity index (χ4v) is 1.28.